The maximum atomic E-state index is 3.16. The molecule has 0 fully saturated rings. The molecule has 0 saturated carbocycles. The minimum Gasteiger partial charge on any atom is -0.361 e. The smallest absolute Gasteiger partial charge is 0.0456 e. The van der Waals surface area contributed by atoms with Gasteiger partial charge >= 0.3 is 0 Å². The molecule has 2 aromatic heterocycles. The Morgan fingerprint density at radius 2 is 1.08 bits per heavy atom. The maximum absolute atomic E-state index is 3.16. The third-order valence-corrected chi connectivity index (χ3v) is 3.42. The van der Waals surface area contributed by atoms with Crippen LogP contribution in [0.15, 0.2) is 60.9 Å². The van der Waals surface area contributed by atoms with Crippen LogP contribution in [-0.2, 0) is 0 Å². The Morgan fingerprint density at radius 1 is 0.542 bits per heavy atom. The van der Waals surface area contributed by atoms with Gasteiger partial charge in [0.15, 0.2) is 0 Å². The molecule has 0 bridgehead atoms. The van der Waals surface area contributed by atoms with Crippen LogP contribution in [0, 0.1) is 13.8 Å². The molecule has 0 amide bonds. The van der Waals surface area contributed by atoms with Crippen molar-refractivity contribution in [2.24, 2.45) is 0 Å². The maximum Gasteiger partial charge on any atom is 0.0456 e. The van der Waals surface area contributed by atoms with Crippen molar-refractivity contribution < 1.29 is 0 Å². The number of aromatic amines is 2. The topological polar surface area (TPSA) is 31.6 Å². The highest BCUT2D eigenvalue weighted by atomic mass is 14.7. The molecule has 0 saturated heterocycles. The number of benzene rings is 2. The zero-order chi connectivity index (χ0) is 17.9. The Balaban J connectivity index is 0.000000199. The summed E-state index contributed by atoms with van der Waals surface area (Å²) in [7, 11) is 0. The molecule has 2 N–H and O–H groups in total. The molecule has 2 heterocycles. The van der Waals surface area contributed by atoms with E-state index in [0.717, 1.165) is 0 Å². The van der Waals surface area contributed by atoms with E-state index in [0.29, 0.717) is 0 Å². The summed E-state index contributed by atoms with van der Waals surface area (Å²) in [4.78, 5) is 6.31. The van der Waals surface area contributed by atoms with Crippen molar-refractivity contribution in [3.05, 3.63) is 72.1 Å². The second-order valence-electron chi connectivity index (χ2n) is 5.14. The third kappa shape index (κ3) is 5.31. The van der Waals surface area contributed by atoms with Crippen LogP contribution in [0.4, 0.5) is 0 Å². The number of aryl methyl sites for hydroxylation is 2. The van der Waals surface area contributed by atoms with Gasteiger partial charge in [0.05, 0.1) is 0 Å². The number of H-pyrrole nitrogens is 2. The molecule has 0 aliphatic carbocycles. The fourth-order valence-corrected chi connectivity index (χ4v) is 2.33. The number of hydrogen-bond acceptors (Lipinski definition) is 0. The molecule has 0 aliphatic heterocycles. The molecule has 0 spiro atoms. The van der Waals surface area contributed by atoms with Crippen LogP contribution >= 0.6 is 0 Å². The van der Waals surface area contributed by atoms with E-state index in [1.807, 2.05) is 40.1 Å². The van der Waals surface area contributed by atoms with Crippen molar-refractivity contribution in [2.75, 3.05) is 0 Å². The van der Waals surface area contributed by atoms with E-state index >= 15 is 0 Å². The van der Waals surface area contributed by atoms with Gasteiger partial charge in [-0.25, -0.2) is 0 Å². The monoisotopic (exact) mass is 322 g/mol. The van der Waals surface area contributed by atoms with E-state index in [1.165, 1.54) is 32.9 Å². The highest BCUT2D eigenvalue weighted by Crippen LogP contribution is 2.13. The van der Waals surface area contributed by atoms with Gasteiger partial charge in [-0.3, -0.25) is 0 Å². The number of nitrogens with one attached hydrogen (secondary N) is 2. The van der Waals surface area contributed by atoms with Crippen molar-refractivity contribution in [3.63, 3.8) is 0 Å². The number of rotatable bonds is 0. The van der Waals surface area contributed by atoms with Crippen LogP contribution in [0.3, 0.4) is 0 Å². The lowest BCUT2D eigenvalue weighted by Gasteiger charge is -1.90. The number of aromatic nitrogens is 2. The standard InChI is InChI=1S/2C9H9N.2C2H6/c1-7-2-3-9-8(6-7)4-5-10-9;1-7-2-3-8-4-5-10-9(8)6-7;2*1-2/h2*2-6,10H,1H3;2*1-2H3. The quantitative estimate of drug-likeness (QED) is 0.349. The Morgan fingerprint density at radius 3 is 1.79 bits per heavy atom. The Kier molecular flexibility index (Phi) is 8.42. The Labute approximate surface area is 145 Å². The van der Waals surface area contributed by atoms with Gasteiger partial charge in [0.2, 0.25) is 0 Å². The van der Waals surface area contributed by atoms with Crippen LogP contribution in [0.1, 0.15) is 38.8 Å². The van der Waals surface area contributed by atoms with E-state index < -0.39 is 0 Å². The lowest BCUT2D eigenvalue weighted by Crippen LogP contribution is -1.70. The second-order valence-corrected chi connectivity index (χ2v) is 5.14. The minimum atomic E-state index is 1.21. The highest BCUT2D eigenvalue weighted by molar-refractivity contribution is 5.80. The van der Waals surface area contributed by atoms with Crippen LogP contribution in [0.25, 0.3) is 21.8 Å². The SMILES string of the molecule is CC.CC.Cc1ccc2[nH]ccc2c1.Cc1ccc2cc[nH]c2c1. The average Bonchev–Trinajstić information content (AvgIpc) is 3.27. The van der Waals surface area contributed by atoms with Gasteiger partial charge in [0, 0.05) is 23.4 Å². The first-order valence-electron chi connectivity index (χ1n) is 8.80. The van der Waals surface area contributed by atoms with Gasteiger partial charge in [-0.2, -0.15) is 0 Å². The van der Waals surface area contributed by atoms with Crippen molar-refractivity contribution in [2.45, 2.75) is 41.5 Å². The zero-order valence-electron chi connectivity index (χ0n) is 15.8. The molecule has 0 unspecified atom stereocenters. The fourth-order valence-electron chi connectivity index (χ4n) is 2.33. The molecule has 2 heteroatoms. The predicted octanol–water partition coefficient (Wildman–Crippen LogP) is 7.01. The molecular weight excluding hydrogens is 292 g/mol. The molecule has 2 aromatic carbocycles. The summed E-state index contributed by atoms with van der Waals surface area (Å²) in [5.41, 5.74) is 5.05. The van der Waals surface area contributed by atoms with E-state index in [1.54, 1.807) is 0 Å². The van der Waals surface area contributed by atoms with E-state index in [4.69, 9.17) is 0 Å². The van der Waals surface area contributed by atoms with Crippen molar-refractivity contribution in [3.8, 4) is 0 Å². The number of hydrogen-bond donors (Lipinski definition) is 2. The van der Waals surface area contributed by atoms with E-state index in [9.17, 15) is 0 Å². The van der Waals surface area contributed by atoms with Crippen LogP contribution in [0.2, 0.25) is 0 Å². The molecule has 0 atom stereocenters. The van der Waals surface area contributed by atoms with Crippen molar-refractivity contribution >= 4 is 21.8 Å². The van der Waals surface area contributed by atoms with Crippen LogP contribution in [-0.4, -0.2) is 9.97 Å². The normalized spacial score (nSPS) is 9.25. The van der Waals surface area contributed by atoms with Gasteiger partial charge in [-0.05, 0) is 60.5 Å². The largest absolute Gasteiger partial charge is 0.361 e. The van der Waals surface area contributed by atoms with Gasteiger partial charge in [-0.15, -0.1) is 0 Å². The lowest BCUT2D eigenvalue weighted by atomic mass is 10.2. The minimum absolute atomic E-state index is 1.21. The summed E-state index contributed by atoms with van der Waals surface area (Å²) < 4.78 is 0. The summed E-state index contributed by atoms with van der Waals surface area (Å²) in [5, 5.41) is 2.57. The first-order chi connectivity index (χ1) is 11.7. The lowest BCUT2D eigenvalue weighted by molar-refractivity contribution is 1.44. The zero-order valence-corrected chi connectivity index (χ0v) is 15.8. The van der Waals surface area contributed by atoms with Crippen molar-refractivity contribution in [1.29, 1.82) is 0 Å². The van der Waals surface area contributed by atoms with Crippen LogP contribution in [0.5, 0.6) is 0 Å². The first-order valence-corrected chi connectivity index (χ1v) is 8.80. The van der Waals surface area contributed by atoms with Crippen molar-refractivity contribution in [1.82, 2.24) is 9.97 Å². The highest BCUT2D eigenvalue weighted by Gasteiger charge is 1.91. The molecule has 0 aliphatic rings. The van der Waals surface area contributed by atoms with E-state index in [2.05, 4.69) is 72.3 Å². The van der Waals surface area contributed by atoms with Gasteiger partial charge in [0.25, 0.3) is 0 Å². The third-order valence-electron chi connectivity index (χ3n) is 3.42. The molecule has 0 radical (unpaired) electrons. The second kappa shape index (κ2) is 10.3. The number of fused-ring (bicyclic) bond motifs is 2. The predicted molar refractivity (Wildman–Crippen MR) is 109 cm³/mol. The molecule has 2 nitrogen and oxygen atoms in total. The summed E-state index contributed by atoms with van der Waals surface area (Å²) in [5.74, 6) is 0. The van der Waals surface area contributed by atoms with E-state index in [-0.39, 0.29) is 0 Å². The molecular formula is C22H30N2. The van der Waals surface area contributed by atoms with Gasteiger partial charge < -0.3 is 9.97 Å². The summed E-state index contributed by atoms with van der Waals surface area (Å²) in [6.45, 7) is 12.2. The Bertz CT molecular complexity index is 765. The summed E-state index contributed by atoms with van der Waals surface area (Å²) >= 11 is 0. The van der Waals surface area contributed by atoms with Gasteiger partial charge in [-0.1, -0.05) is 51.5 Å². The molecule has 4 aromatic rings. The van der Waals surface area contributed by atoms with Gasteiger partial charge in [0.1, 0.15) is 0 Å². The molecule has 4 rings (SSSR count). The first kappa shape index (κ1) is 19.6. The average molecular weight is 322 g/mol. The Hall–Kier alpha value is -2.48. The molecule has 128 valence electrons. The molecule has 24 heavy (non-hydrogen) atoms. The summed E-state index contributed by atoms with van der Waals surface area (Å²) in [6, 6.07) is 16.9. The fraction of sp³-hybridized carbons (Fsp3) is 0.273. The summed E-state index contributed by atoms with van der Waals surface area (Å²) in [6.07, 6.45) is 3.92. The van der Waals surface area contributed by atoms with Crippen LogP contribution < -0.4 is 0 Å².